The monoisotopic (exact) mass is 539 g/mol. The third-order valence-corrected chi connectivity index (χ3v) is 7.77. The Bertz CT molecular complexity index is 1210. The number of piperidine rings is 1. The second kappa shape index (κ2) is 11.7. The molecule has 0 aromatic heterocycles. The largest absolute Gasteiger partial charge is 0.384 e. The lowest BCUT2D eigenvalue weighted by Crippen LogP contribution is -2.58. The van der Waals surface area contributed by atoms with E-state index in [0.717, 1.165) is 5.56 Å². The Hall–Kier alpha value is -3.16. The molecular formula is C30H38ClN3O4. The van der Waals surface area contributed by atoms with Crippen LogP contribution in [0.2, 0.25) is 5.02 Å². The lowest BCUT2D eigenvalue weighted by Gasteiger charge is -2.51. The molecule has 1 unspecified atom stereocenters. The number of rotatable bonds is 8. The van der Waals surface area contributed by atoms with Crippen LogP contribution in [0.4, 0.5) is 0 Å². The molecule has 7 nitrogen and oxygen atoms in total. The zero-order chi connectivity index (χ0) is 28.3. The van der Waals surface area contributed by atoms with E-state index in [1.807, 2.05) is 40.1 Å². The maximum atomic E-state index is 13.4. The van der Waals surface area contributed by atoms with Crippen molar-refractivity contribution in [2.24, 2.45) is 11.3 Å². The van der Waals surface area contributed by atoms with Crippen molar-refractivity contribution in [3.05, 3.63) is 82.5 Å². The molecule has 3 rings (SSSR count). The summed E-state index contributed by atoms with van der Waals surface area (Å²) in [5, 5.41) is 15.1. The summed E-state index contributed by atoms with van der Waals surface area (Å²) in [6.07, 6.45) is 3.50. The van der Waals surface area contributed by atoms with Gasteiger partial charge in [0.15, 0.2) is 5.78 Å². The second-order valence-electron chi connectivity index (χ2n) is 11.0. The van der Waals surface area contributed by atoms with E-state index in [4.69, 9.17) is 11.6 Å². The fraction of sp³-hybridized carbons (Fsp3) is 0.433. The summed E-state index contributed by atoms with van der Waals surface area (Å²) in [6, 6.07) is 13.3. The summed E-state index contributed by atoms with van der Waals surface area (Å²) in [5.74, 6) is -1.11. The molecule has 204 valence electrons. The third kappa shape index (κ3) is 6.45. The predicted octanol–water partition coefficient (Wildman–Crippen LogP) is 4.50. The third-order valence-electron chi connectivity index (χ3n) is 7.51. The lowest BCUT2D eigenvalue weighted by molar-refractivity contribution is -0.156. The van der Waals surface area contributed by atoms with Gasteiger partial charge in [-0.05, 0) is 43.2 Å². The van der Waals surface area contributed by atoms with E-state index >= 15 is 0 Å². The topological polar surface area (TPSA) is 90.0 Å². The molecule has 3 atom stereocenters. The summed E-state index contributed by atoms with van der Waals surface area (Å²) < 4.78 is 0. The standard InChI is InChI=1S/C30H38ClN3O4/c1-20(21(2)32-27(36)23-9-7-8-22(18-23)26(35)14-16-33(5)6)28(37)34-17-15-30(38,29(3,4)19-34)24-10-12-25(31)13-11-24/h7-14,16,18,20-21,38H,15,17,19H2,1-6H3,(H,32,36)/b16-14+/t20-,21?,30+/m1/s1. The first-order chi connectivity index (χ1) is 17.7. The second-order valence-corrected chi connectivity index (χ2v) is 11.5. The first-order valence-electron chi connectivity index (χ1n) is 12.8. The normalized spacial score (nSPS) is 20.6. The van der Waals surface area contributed by atoms with Crippen LogP contribution in [0.1, 0.15) is 60.4 Å². The number of aliphatic hydroxyl groups is 1. The van der Waals surface area contributed by atoms with Gasteiger partial charge >= 0.3 is 0 Å². The van der Waals surface area contributed by atoms with Crippen molar-refractivity contribution in [2.45, 2.75) is 45.8 Å². The molecule has 1 heterocycles. The highest BCUT2D eigenvalue weighted by atomic mass is 35.5. The number of carbonyl (C=O) groups excluding carboxylic acids is 3. The average Bonchev–Trinajstić information content (AvgIpc) is 2.88. The number of halogens is 1. The smallest absolute Gasteiger partial charge is 0.251 e. The highest BCUT2D eigenvalue weighted by Crippen LogP contribution is 2.46. The van der Waals surface area contributed by atoms with Crippen molar-refractivity contribution in [2.75, 3.05) is 27.2 Å². The molecule has 2 amide bonds. The van der Waals surface area contributed by atoms with E-state index < -0.39 is 23.0 Å². The van der Waals surface area contributed by atoms with Gasteiger partial charge in [0.25, 0.3) is 5.91 Å². The van der Waals surface area contributed by atoms with Gasteiger partial charge in [0, 0.05) is 67.1 Å². The van der Waals surface area contributed by atoms with Crippen LogP contribution in [0.5, 0.6) is 0 Å². The molecular weight excluding hydrogens is 502 g/mol. The molecule has 2 aromatic carbocycles. The molecule has 0 bridgehead atoms. The Morgan fingerprint density at radius 3 is 2.32 bits per heavy atom. The fourth-order valence-electron chi connectivity index (χ4n) is 4.81. The summed E-state index contributed by atoms with van der Waals surface area (Å²) >= 11 is 6.03. The van der Waals surface area contributed by atoms with Gasteiger partial charge in [-0.2, -0.15) is 0 Å². The minimum atomic E-state index is -1.10. The van der Waals surface area contributed by atoms with Gasteiger partial charge in [-0.15, -0.1) is 0 Å². The van der Waals surface area contributed by atoms with Gasteiger partial charge in [0.05, 0.1) is 11.5 Å². The van der Waals surface area contributed by atoms with Crippen molar-refractivity contribution in [1.82, 2.24) is 15.1 Å². The van der Waals surface area contributed by atoms with Crippen LogP contribution in [0.15, 0.2) is 60.8 Å². The van der Waals surface area contributed by atoms with Crippen LogP contribution in [0, 0.1) is 11.3 Å². The molecule has 2 aromatic rings. The summed E-state index contributed by atoms with van der Waals surface area (Å²) in [5.41, 5.74) is -0.147. The van der Waals surface area contributed by atoms with E-state index in [2.05, 4.69) is 5.32 Å². The Balaban J connectivity index is 1.65. The lowest BCUT2D eigenvalue weighted by atomic mass is 9.66. The van der Waals surface area contributed by atoms with Crippen molar-refractivity contribution >= 4 is 29.2 Å². The zero-order valence-electron chi connectivity index (χ0n) is 23.0. The first kappa shape index (κ1) is 29.4. The molecule has 38 heavy (non-hydrogen) atoms. The number of nitrogens with one attached hydrogen (secondary N) is 1. The van der Waals surface area contributed by atoms with Gasteiger partial charge in [-0.25, -0.2) is 0 Å². The molecule has 0 saturated carbocycles. The van der Waals surface area contributed by atoms with Crippen molar-refractivity contribution in [3.63, 3.8) is 0 Å². The van der Waals surface area contributed by atoms with Gasteiger partial charge in [0.1, 0.15) is 0 Å². The van der Waals surface area contributed by atoms with Crippen LogP contribution in [-0.2, 0) is 10.4 Å². The Morgan fingerprint density at radius 2 is 1.71 bits per heavy atom. The molecule has 1 saturated heterocycles. The number of carbonyl (C=O) groups is 3. The van der Waals surface area contributed by atoms with Crippen LogP contribution in [0.3, 0.4) is 0 Å². The molecule has 8 heteroatoms. The Kier molecular flexibility index (Phi) is 9.05. The fourth-order valence-corrected chi connectivity index (χ4v) is 4.94. The number of hydrogen-bond donors (Lipinski definition) is 2. The average molecular weight is 540 g/mol. The molecule has 1 aliphatic rings. The number of allylic oxidation sites excluding steroid dienone is 1. The van der Waals surface area contributed by atoms with Gasteiger partial charge < -0.3 is 20.2 Å². The van der Waals surface area contributed by atoms with Crippen molar-refractivity contribution < 1.29 is 19.5 Å². The highest BCUT2D eigenvalue weighted by molar-refractivity contribution is 6.30. The number of hydrogen-bond acceptors (Lipinski definition) is 5. The SMILES string of the molecule is CC(NC(=O)c1cccc(C(=O)/C=C/N(C)C)c1)[C@@H](C)C(=O)N1CC[C@](O)(c2ccc(Cl)cc2)C(C)(C)C1. The summed E-state index contributed by atoms with van der Waals surface area (Å²) in [4.78, 5) is 42.3. The quantitative estimate of drug-likeness (QED) is 0.381. The molecule has 1 aliphatic heterocycles. The van der Waals surface area contributed by atoms with Gasteiger partial charge in [-0.1, -0.05) is 56.6 Å². The number of ketones is 1. The molecule has 0 aliphatic carbocycles. The van der Waals surface area contributed by atoms with Crippen LogP contribution >= 0.6 is 11.6 Å². The number of likely N-dealkylation sites (tertiary alicyclic amines) is 1. The van der Waals surface area contributed by atoms with E-state index in [9.17, 15) is 19.5 Å². The van der Waals surface area contributed by atoms with Crippen molar-refractivity contribution in [3.8, 4) is 0 Å². The van der Waals surface area contributed by atoms with Crippen molar-refractivity contribution in [1.29, 1.82) is 0 Å². The minimum Gasteiger partial charge on any atom is -0.384 e. The van der Waals surface area contributed by atoms with Gasteiger partial charge in [-0.3, -0.25) is 14.4 Å². The van der Waals surface area contributed by atoms with E-state index in [1.54, 1.807) is 66.2 Å². The van der Waals surface area contributed by atoms with E-state index in [0.29, 0.717) is 35.7 Å². The van der Waals surface area contributed by atoms with Crippen LogP contribution < -0.4 is 5.32 Å². The number of nitrogens with zero attached hydrogens (tertiary/aromatic N) is 2. The van der Waals surface area contributed by atoms with E-state index in [1.165, 1.54) is 6.08 Å². The summed E-state index contributed by atoms with van der Waals surface area (Å²) in [7, 11) is 3.64. The highest BCUT2D eigenvalue weighted by Gasteiger charge is 2.50. The number of amides is 2. The van der Waals surface area contributed by atoms with Crippen LogP contribution in [-0.4, -0.2) is 65.7 Å². The Labute approximate surface area is 230 Å². The molecule has 2 N–H and O–H groups in total. The minimum absolute atomic E-state index is 0.0817. The maximum Gasteiger partial charge on any atom is 0.251 e. The maximum absolute atomic E-state index is 13.4. The van der Waals surface area contributed by atoms with E-state index in [-0.39, 0.29) is 17.6 Å². The molecule has 0 spiro atoms. The Morgan fingerprint density at radius 1 is 1.08 bits per heavy atom. The molecule has 0 radical (unpaired) electrons. The first-order valence-corrected chi connectivity index (χ1v) is 13.2. The number of benzene rings is 2. The molecule has 1 fully saturated rings. The zero-order valence-corrected chi connectivity index (χ0v) is 23.7. The predicted molar refractivity (Wildman–Crippen MR) is 150 cm³/mol. The summed E-state index contributed by atoms with van der Waals surface area (Å²) in [6.45, 7) is 8.29. The van der Waals surface area contributed by atoms with Crippen LogP contribution in [0.25, 0.3) is 0 Å². The van der Waals surface area contributed by atoms with Gasteiger partial charge in [0.2, 0.25) is 5.91 Å².